The summed E-state index contributed by atoms with van der Waals surface area (Å²) in [5.41, 5.74) is 4.89. The molecule has 28 heavy (non-hydrogen) atoms. The lowest BCUT2D eigenvalue weighted by atomic mass is 10.2. The average molecular weight is 365 g/mol. The van der Waals surface area contributed by atoms with E-state index in [-0.39, 0.29) is 0 Å². The third-order valence-electron chi connectivity index (χ3n) is 5.32. The van der Waals surface area contributed by atoms with Crippen LogP contribution in [0.5, 0.6) is 0 Å². The number of pyridine rings is 3. The van der Waals surface area contributed by atoms with Crippen LogP contribution in [0.3, 0.4) is 0 Å². The highest BCUT2D eigenvalue weighted by atomic mass is 14.9. The van der Waals surface area contributed by atoms with E-state index in [0.29, 0.717) is 0 Å². The third-order valence-corrected chi connectivity index (χ3v) is 5.32. The summed E-state index contributed by atoms with van der Waals surface area (Å²) < 4.78 is 4.36. The molecule has 0 saturated carbocycles. The second-order valence-corrected chi connectivity index (χ2v) is 6.81. The SMILES string of the molecule is Cn1c2ccccc2c2cnccc21.Cn1c2ccncc2c2cnccc21. The van der Waals surface area contributed by atoms with E-state index in [4.69, 9.17) is 0 Å². The highest BCUT2D eigenvalue weighted by Gasteiger charge is 2.07. The summed E-state index contributed by atoms with van der Waals surface area (Å²) in [6, 6.07) is 14.5. The Hall–Kier alpha value is -3.73. The van der Waals surface area contributed by atoms with Crippen LogP contribution < -0.4 is 0 Å². The lowest BCUT2D eigenvalue weighted by molar-refractivity contribution is 1.01. The topological polar surface area (TPSA) is 48.5 Å². The fourth-order valence-electron chi connectivity index (χ4n) is 3.91. The van der Waals surface area contributed by atoms with Gasteiger partial charge in [0.2, 0.25) is 0 Å². The maximum absolute atomic E-state index is 4.16. The average Bonchev–Trinajstić information content (AvgIpc) is 3.22. The largest absolute Gasteiger partial charge is 0.344 e. The van der Waals surface area contributed by atoms with Crippen molar-refractivity contribution in [1.29, 1.82) is 0 Å². The molecule has 5 aromatic heterocycles. The van der Waals surface area contributed by atoms with Gasteiger partial charge in [0.25, 0.3) is 0 Å². The van der Waals surface area contributed by atoms with Crippen molar-refractivity contribution in [3.05, 3.63) is 79.6 Å². The zero-order valence-electron chi connectivity index (χ0n) is 15.7. The molecule has 0 aliphatic carbocycles. The Morgan fingerprint density at radius 2 is 0.893 bits per heavy atom. The number of rotatable bonds is 0. The molecule has 0 aliphatic heterocycles. The van der Waals surface area contributed by atoms with E-state index >= 15 is 0 Å². The highest BCUT2D eigenvalue weighted by Crippen LogP contribution is 2.27. The first-order chi connectivity index (χ1) is 13.8. The maximum atomic E-state index is 4.16. The smallest absolute Gasteiger partial charge is 0.0520 e. The van der Waals surface area contributed by atoms with Crippen LogP contribution >= 0.6 is 0 Å². The summed E-state index contributed by atoms with van der Waals surface area (Å²) in [6.45, 7) is 0. The molecule has 0 unspecified atom stereocenters. The van der Waals surface area contributed by atoms with Crippen LogP contribution in [0.4, 0.5) is 0 Å². The van der Waals surface area contributed by atoms with E-state index in [1.165, 1.54) is 32.8 Å². The normalized spacial score (nSPS) is 11.2. The van der Waals surface area contributed by atoms with Crippen LogP contribution in [0.25, 0.3) is 43.6 Å². The van der Waals surface area contributed by atoms with E-state index in [2.05, 4.69) is 68.5 Å². The van der Waals surface area contributed by atoms with Crippen LogP contribution in [0.2, 0.25) is 0 Å². The summed E-state index contributed by atoms with van der Waals surface area (Å²) in [7, 11) is 4.15. The van der Waals surface area contributed by atoms with Gasteiger partial charge in [-0.05, 0) is 24.3 Å². The number of para-hydroxylation sites is 1. The van der Waals surface area contributed by atoms with Gasteiger partial charge in [0.05, 0.1) is 16.6 Å². The van der Waals surface area contributed by atoms with Gasteiger partial charge >= 0.3 is 0 Å². The maximum Gasteiger partial charge on any atom is 0.0520 e. The molecule has 136 valence electrons. The molecule has 5 nitrogen and oxygen atoms in total. The zero-order valence-corrected chi connectivity index (χ0v) is 15.7. The summed E-state index contributed by atoms with van der Waals surface area (Å²) >= 11 is 0. The standard InChI is InChI=1S/C12H10N2.C11H9N3/c1-14-11-5-3-2-4-9(11)10-8-13-7-6-12(10)14;1-14-10-2-4-12-6-8(10)9-7-13-5-3-11(9)14/h2-8H,1H3;2-7H,1H3. The highest BCUT2D eigenvalue weighted by molar-refractivity contribution is 6.08. The van der Waals surface area contributed by atoms with Crippen molar-refractivity contribution >= 4 is 43.6 Å². The van der Waals surface area contributed by atoms with Gasteiger partial charge in [-0.3, -0.25) is 15.0 Å². The van der Waals surface area contributed by atoms with Crippen molar-refractivity contribution in [2.75, 3.05) is 0 Å². The van der Waals surface area contributed by atoms with Gasteiger partial charge in [-0.2, -0.15) is 0 Å². The fourth-order valence-corrected chi connectivity index (χ4v) is 3.91. The molecule has 0 amide bonds. The quantitative estimate of drug-likeness (QED) is 0.387. The molecule has 5 heterocycles. The number of hydrogen-bond acceptors (Lipinski definition) is 3. The Labute approximate surface area is 161 Å². The molecule has 6 aromatic rings. The first-order valence-electron chi connectivity index (χ1n) is 9.15. The van der Waals surface area contributed by atoms with Crippen LogP contribution in [-0.4, -0.2) is 24.1 Å². The van der Waals surface area contributed by atoms with E-state index in [0.717, 1.165) is 10.8 Å². The number of hydrogen-bond donors (Lipinski definition) is 0. The van der Waals surface area contributed by atoms with Gasteiger partial charge in [-0.1, -0.05) is 18.2 Å². The van der Waals surface area contributed by atoms with Gasteiger partial charge < -0.3 is 9.13 Å². The van der Waals surface area contributed by atoms with E-state index in [1.807, 2.05) is 49.3 Å². The molecule has 0 spiro atoms. The van der Waals surface area contributed by atoms with Gasteiger partial charge in [-0.15, -0.1) is 0 Å². The molecule has 0 atom stereocenters. The molecule has 0 fully saturated rings. The monoisotopic (exact) mass is 365 g/mol. The predicted molar refractivity (Wildman–Crippen MR) is 114 cm³/mol. The van der Waals surface area contributed by atoms with Gasteiger partial charge in [0.15, 0.2) is 0 Å². The van der Waals surface area contributed by atoms with E-state index < -0.39 is 0 Å². The Bertz CT molecular complexity index is 1220. The molecule has 0 radical (unpaired) electrons. The summed E-state index contributed by atoms with van der Waals surface area (Å²) in [6.07, 6.45) is 11.2. The van der Waals surface area contributed by atoms with E-state index in [1.54, 1.807) is 0 Å². The predicted octanol–water partition coefficient (Wildman–Crippen LogP) is 4.85. The molecule has 0 N–H and O–H groups in total. The van der Waals surface area contributed by atoms with Crippen molar-refractivity contribution in [3.8, 4) is 0 Å². The molecular formula is C23H19N5. The summed E-state index contributed by atoms with van der Waals surface area (Å²) in [5.74, 6) is 0. The number of fused-ring (bicyclic) bond motifs is 6. The van der Waals surface area contributed by atoms with E-state index in [9.17, 15) is 0 Å². The van der Waals surface area contributed by atoms with Crippen LogP contribution in [0, 0.1) is 0 Å². The molecule has 0 aliphatic rings. The minimum Gasteiger partial charge on any atom is -0.344 e. The Kier molecular flexibility index (Phi) is 3.79. The second-order valence-electron chi connectivity index (χ2n) is 6.81. The molecule has 0 bridgehead atoms. The van der Waals surface area contributed by atoms with Crippen LogP contribution in [0.1, 0.15) is 0 Å². The molecule has 5 heteroatoms. The van der Waals surface area contributed by atoms with Crippen LogP contribution in [0.15, 0.2) is 79.6 Å². The molecular weight excluding hydrogens is 346 g/mol. The number of benzene rings is 1. The Morgan fingerprint density at radius 3 is 1.39 bits per heavy atom. The minimum atomic E-state index is 1.16. The lowest BCUT2D eigenvalue weighted by Crippen LogP contribution is -1.85. The van der Waals surface area contributed by atoms with Crippen molar-refractivity contribution in [2.45, 2.75) is 0 Å². The molecule has 6 rings (SSSR count). The van der Waals surface area contributed by atoms with Gasteiger partial charge in [0, 0.05) is 78.3 Å². The fraction of sp³-hybridized carbons (Fsp3) is 0.0870. The van der Waals surface area contributed by atoms with Crippen molar-refractivity contribution in [1.82, 2.24) is 24.1 Å². The third kappa shape index (κ3) is 2.44. The number of aromatic nitrogens is 5. The Morgan fingerprint density at radius 1 is 0.500 bits per heavy atom. The minimum absolute atomic E-state index is 1.16. The van der Waals surface area contributed by atoms with Crippen LogP contribution in [-0.2, 0) is 14.1 Å². The first-order valence-corrected chi connectivity index (χ1v) is 9.15. The summed E-state index contributed by atoms with van der Waals surface area (Å²) in [5, 5.41) is 4.83. The number of nitrogens with zero attached hydrogens (tertiary/aromatic N) is 5. The second kappa shape index (κ2) is 6.46. The van der Waals surface area contributed by atoms with Gasteiger partial charge in [0.1, 0.15) is 0 Å². The Balaban J connectivity index is 0.000000122. The van der Waals surface area contributed by atoms with Crippen molar-refractivity contribution in [3.63, 3.8) is 0 Å². The van der Waals surface area contributed by atoms with Crippen molar-refractivity contribution in [2.24, 2.45) is 14.1 Å². The molecule has 0 saturated heterocycles. The lowest BCUT2D eigenvalue weighted by Gasteiger charge is -1.95. The van der Waals surface area contributed by atoms with Gasteiger partial charge in [-0.25, -0.2) is 0 Å². The summed E-state index contributed by atoms with van der Waals surface area (Å²) in [4.78, 5) is 12.4. The zero-order chi connectivity index (χ0) is 19.1. The first kappa shape index (κ1) is 16.4. The van der Waals surface area contributed by atoms with Crippen molar-refractivity contribution < 1.29 is 0 Å². The molecule has 1 aromatic carbocycles. The number of aryl methyl sites for hydroxylation is 2.